The van der Waals surface area contributed by atoms with Crippen LogP contribution in [-0.2, 0) is 0 Å². The molecule has 0 aliphatic heterocycles. The van der Waals surface area contributed by atoms with Crippen molar-refractivity contribution in [3.8, 4) is 0 Å². The van der Waals surface area contributed by atoms with E-state index in [1.165, 1.54) is 6.07 Å². The SMILES string of the molecule is CCC(C)[C@@H](O)[C@@H](N)c1c(F)cccc1Br.Cl. The fraction of sp³-hybridized carbons (Fsp3) is 0.500. The molecule has 0 heterocycles. The van der Waals surface area contributed by atoms with Crippen molar-refractivity contribution in [3.63, 3.8) is 0 Å². The molecule has 1 unspecified atom stereocenters. The lowest BCUT2D eigenvalue weighted by atomic mass is 9.91. The molecule has 0 saturated heterocycles. The molecule has 0 radical (unpaired) electrons. The van der Waals surface area contributed by atoms with E-state index >= 15 is 0 Å². The summed E-state index contributed by atoms with van der Waals surface area (Å²) in [6.07, 6.45) is 0.0687. The first-order chi connectivity index (χ1) is 7.49. The fourth-order valence-corrected chi connectivity index (χ4v) is 2.20. The molecular weight excluding hydrogens is 308 g/mol. The van der Waals surface area contributed by atoms with E-state index in [0.717, 1.165) is 6.42 Å². The van der Waals surface area contributed by atoms with Gasteiger partial charge in [0, 0.05) is 10.0 Å². The van der Waals surface area contributed by atoms with Gasteiger partial charge in [0.15, 0.2) is 0 Å². The summed E-state index contributed by atoms with van der Waals surface area (Å²) in [5, 5.41) is 9.98. The van der Waals surface area contributed by atoms with E-state index in [2.05, 4.69) is 15.9 Å². The van der Waals surface area contributed by atoms with Gasteiger partial charge in [0.25, 0.3) is 0 Å². The van der Waals surface area contributed by atoms with Crippen LogP contribution in [0.3, 0.4) is 0 Å². The van der Waals surface area contributed by atoms with Crippen LogP contribution >= 0.6 is 28.3 Å². The van der Waals surface area contributed by atoms with E-state index in [9.17, 15) is 9.50 Å². The minimum atomic E-state index is -0.738. The molecule has 0 aliphatic rings. The molecular formula is C12H18BrClFNO. The number of halogens is 3. The molecule has 3 N–H and O–H groups in total. The van der Waals surface area contributed by atoms with E-state index in [1.54, 1.807) is 12.1 Å². The van der Waals surface area contributed by atoms with Crippen LogP contribution in [0.25, 0.3) is 0 Å². The maximum atomic E-state index is 13.6. The van der Waals surface area contributed by atoms with Crippen molar-refractivity contribution in [2.24, 2.45) is 11.7 Å². The van der Waals surface area contributed by atoms with Gasteiger partial charge in [0.05, 0.1) is 12.1 Å². The predicted molar refractivity (Wildman–Crippen MR) is 73.7 cm³/mol. The van der Waals surface area contributed by atoms with Gasteiger partial charge in [0.2, 0.25) is 0 Å². The normalized spacial score (nSPS) is 15.9. The maximum Gasteiger partial charge on any atom is 0.129 e. The van der Waals surface area contributed by atoms with Gasteiger partial charge >= 0.3 is 0 Å². The zero-order valence-electron chi connectivity index (χ0n) is 9.86. The van der Waals surface area contributed by atoms with Gasteiger partial charge in [0.1, 0.15) is 5.82 Å². The molecule has 0 fully saturated rings. The van der Waals surface area contributed by atoms with E-state index < -0.39 is 12.1 Å². The van der Waals surface area contributed by atoms with Gasteiger partial charge in [-0.2, -0.15) is 0 Å². The van der Waals surface area contributed by atoms with Crippen molar-refractivity contribution in [1.82, 2.24) is 0 Å². The van der Waals surface area contributed by atoms with Gasteiger partial charge in [-0.05, 0) is 18.1 Å². The molecule has 0 bridgehead atoms. The van der Waals surface area contributed by atoms with Crippen LogP contribution in [-0.4, -0.2) is 11.2 Å². The monoisotopic (exact) mass is 325 g/mol. The Morgan fingerprint density at radius 1 is 1.47 bits per heavy atom. The lowest BCUT2D eigenvalue weighted by molar-refractivity contribution is 0.0865. The van der Waals surface area contributed by atoms with Crippen LogP contribution in [0.15, 0.2) is 22.7 Å². The molecule has 0 aromatic heterocycles. The van der Waals surface area contributed by atoms with Gasteiger partial charge in [-0.3, -0.25) is 0 Å². The molecule has 3 atom stereocenters. The Morgan fingerprint density at radius 3 is 2.53 bits per heavy atom. The number of aliphatic hydroxyl groups excluding tert-OH is 1. The third kappa shape index (κ3) is 3.91. The minimum absolute atomic E-state index is 0. The van der Waals surface area contributed by atoms with E-state index in [0.29, 0.717) is 10.0 Å². The Kier molecular flexibility index (Phi) is 7.24. The van der Waals surface area contributed by atoms with Gasteiger partial charge in [-0.25, -0.2) is 4.39 Å². The summed E-state index contributed by atoms with van der Waals surface area (Å²) in [7, 11) is 0. The standard InChI is InChI=1S/C12H17BrFNO.ClH/c1-3-7(2)12(16)11(15)10-8(13)5-4-6-9(10)14;/h4-7,11-12,16H,3,15H2,1-2H3;1H/t7?,11-,12+;/m0./s1. The number of rotatable bonds is 4. The first kappa shape index (κ1) is 16.8. The smallest absolute Gasteiger partial charge is 0.129 e. The van der Waals surface area contributed by atoms with Crippen molar-refractivity contribution >= 4 is 28.3 Å². The lowest BCUT2D eigenvalue weighted by Crippen LogP contribution is -2.32. The number of aliphatic hydroxyl groups is 1. The Bertz CT molecular complexity index is 344. The molecule has 0 aliphatic carbocycles. The molecule has 17 heavy (non-hydrogen) atoms. The van der Waals surface area contributed by atoms with Crippen molar-refractivity contribution < 1.29 is 9.50 Å². The number of hydrogen-bond acceptors (Lipinski definition) is 2. The minimum Gasteiger partial charge on any atom is -0.391 e. The second-order valence-corrected chi connectivity index (χ2v) is 4.89. The highest BCUT2D eigenvalue weighted by Crippen LogP contribution is 2.29. The number of benzene rings is 1. The molecule has 0 spiro atoms. The number of hydrogen-bond donors (Lipinski definition) is 2. The Hall–Kier alpha value is -0.160. The second-order valence-electron chi connectivity index (χ2n) is 4.04. The summed E-state index contributed by atoms with van der Waals surface area (Å²) in [6, 6.07) is 3.97. The van der Waals surface area contributed by atoms with Crippen LogP contribution in [0.5, 0.6) is 0 Å². The van der Waals surface area contributed by atoms with Crippen LogP contribution in [0.2, 0.25) is 0 Å². The van der Waals surface area contributed by atoms with Crippen molar-refractivity contribution in [2.45, 2.75) is 32.4 Å². The zero-order valence-corrected chi connectivity index (χ0v) is 12.3. The second kappa shape index (κ2) is 7.31. The predicted octanol–water partition coefficient (Wildman–Crippen LogP) is 3.42. The Balaban J connectivity index is 0.00000256. The Labute approximate surface area is 116 Å². The summed E-state index contributed by atoms with van der Waals surface area (Å²) < 4.78 is 14.2. The highest BCUT2D eigenvalue weighted by atomic mass is 79.9. The van der Waals surface area contributed by atoms with E-state index in [4.69, 9.17) is 5.73 Å². The third-order valence-corrected chi connectivity index (χ3v) is 3.62. The molecule has 1 aromatic carbocycles. The first-order valence-electron chi connectivity index (χ1n) is 5.36. The molecule has 1 aromatic rings. The molecule has 0 amide bonds. The first-order valence-corrected chi connectivity index (χ1v) is 6.15. The van der Waals surface area contributed by atoms with Crippen LogP contribution in [0.1, 0.15) is 31.9 Å². The summed E-state index contributed by atoms with van der Waals surface area (Å²) >= 11 is 3.26. The van der Waals surface area contributed by atoms with Crippen molar-refractivity contribution in [3.05, 3.63) is 34.1 Å². The van der Waals surface area contributed by atoms with Gasteiger partial charge in [-0.15, -0.1) is 12.4 Å². The average molecular weight is 327 g/mol. The van der Waals surface area contributed by atoms with Crippen molar-refractivity contribution in [1.29, 1.82) is 0 Å². The van der Waals surface area contributed by atoms with E-state index in [-0.39, 0.29) is 24.1 Å². The largest absolute Gasteiger partial charge is 0.391 e. The van der Waals surface area contributed by atoms with Crippen LogP contribution in [0, 0.1) is 11.7 Å². The van der Waals surface area contributed by atoms with Gasteiger partial charge < -0.3 is 10.8 Å². The lowest BCUT2D eigenvalue weighted by Gasteiger charge is -2.25. The summed E-state index contributed by atoms with van der Waals surface area (Å²) in [5.41, 5.74) is 6.24. The highest BCUT2D eigenvalue weighted by molar-refractivity contribution is 9.10. The van der Waals surface area contributed by atoms with Crippen LogP contribution < -0.4 is 5.73 Å². The van der Waals surface area contributed by atoms with Gasteiger partial charge in [-0.1, -0.05) is 42.3 Å². The zero-order chi connectivity index (χ0) is 12.3. The molecule has 5 heteroatoms. The quantitative estimate of drug-likeness (QED) is 0.890. The summed E-state index contributed by atoms with van der Waals surface area (Å²) in [4.78, 5) is 0. The highest BCUT2D eigenvalue weighted by Gasteiger charge is 2.25. The van der Waals surface area contributed by atoms with Crippen LogP contribution in [0.4, 0.5) is 4.39 Å². The van der Waals surface area contributed by atoms with E-state index in [1.807, 2.05) is 13.8 Å². The summed E-state index contributed by atoms with van der Waals surface area (Å²) in [5.74, 6) is -0.342. The molecule has 1 rings (SSSR count). The topological polar surface area (TPSA) is 46.2 Å². The maximum absolute atomic E-state index is 13.6. The average Bonchev–Trinajstić information content (AvgIpc) is 2.26. The van der Waals surface area contributed by atoms with Crippen molar-refractivity contribution in [2.75, 3.05) is 0 Å². The molecule has 2 nitrogen and oxygen atoms in total. The molecule has 98 valence electrons. The summed E-state index contributed by atoms with van der Waals surface area (Å²) in [6.45, 7) is 3.87. The number of nitrogens with two attached hydrogens (primary N) is 1. The Morgan fingerprint density at radius 2 is 2.06 bits per heavy atom. The fourth-order valence-electron chi connectivity index (χ4n) is 1.60. The third-order valence-electron chi connectivity index (χ3n) is 2.93. The molecule has 0 saturated carbocycles.